The molecule has 1 amide bonds. The number of carbonyl (C=O) groups is 2. The van der Waals surface area contributed by atoms with Gasteiger partial charge < -0.3 is 14.2 Å². The van der Waals surface area contributed by atoms with Gasteiger partial charge in [0.25, 0.3) is 11.6 Å². The Hall–Kier alpha value is -4.73. The van der Waals surface area contributed by atoms with E-state index in [9.17, 15) is 19.7 Å². The van der Waals surface area contributed by atoms with Gasteiger partial charge in [-0.3, -0.25) is 14.9 Å². The number of amides is 1. The van der Waals surface area contributed by atoms with Crippen molar-refractivity contribution in [2.75, 3.05) is 13.2 Å². The number of aryl methyl sites for hydroxylation is 2. The molecule has 10 heteroatoms. The van der Waals surface area contributed by atoms with Crippen LogP contribution in [0.4, 0.5) is 5.69 Å². The highest BCUT2D eigenvalue weighted by Crippen LogP contribution is 2.29. The molecule has 0 saturated carbocycles. The third-order valence-electron chi connectivity index (χ3n) is 4.88. The number of nitrogens with zero attached hydrogens (tertiary/aromatic N) is 2. The molecule has 1 N–H and O–H groups in total. The first-order valence-corrected chi connectivity index (χ1v) is 11.0. The molecular weight excluding hydrogens is 466 g/mol. The molecular formula is C26H25N3O7. The van der Waals surface area contributed by atoms with Crippen molar-refractivity contribution in [1.82, 2.24) is 5.43 Å². The molecule has 0 radical (unpaired) electrons. The monoisotopic (exact) mass is 491 g/mol. The lowest BCUT2D eigenvalue weighted by atomic mass is 10.1. The summed E-state index contributed by atoms with van der Waals surface area (Å²) in [5.74, 6) is -0.0299. The molecule has 0 aliphatic heterocycles. The van der Waals surface area contributed by atoms with Gasteiger partial charge in [0, 0.05) is 12.1 Å². The Morgan fingerprint density at radius 2 is 1.69 bits per heavy atom. The number of nitro benzene ring substituents is 1. The molecule has 186 valence electrons. The van der Waals surface area contributed by atoms with Gasteiger partial charge in [-0.1, -0.05) is 17.7 Å². The summed E-state index contributed by atoms with van der Waals surface area (Å²) >= 11 is 0. The number of benzene rings is 3. The maximum Gasteiger partial charge on any atom is 0.343 e. The zero-order valence-corrected chi connectivity index (χ0v) is 20.0. The van der Waals surface area contributed by atoms with Crippen LogP contribution in [0.5, 0.6) is 17.2 Å². The first-order chi connectivity index (χ1) is 17.3. The van der Waals surface area contributed by atoms with Crippen LogP contribution in [-0.4, -0.2) is 36.2 Å². The van der Waals surface area contributed by atoms with Crippen LogP contribution in [0.15, 0.2) is 65.8 Å². The summed E-state index contributed by atoms with van der Waals surface area (Å²) < 4.78 is 16.5. The molecule has 0 spiro atoms. The molecule has 36 heavy (non-hydrogen) atoms. The van der Waals surface area contributed by atoms with E-state index in [-0.39, 0.29) is 23.6 Å². The van der Waals surface area contributed by atoms with Gasteiger partial charge in [0.05, 0.1) is 23.3 Å². The number of ether oxygens (including phenoxy) is 3. The molecule has 3 aromatic rings. The third kappa shape index (κ3) is 7.13. The van der Waals surface area contributed by atoms with Crippen molar-refractivity contribution >= 4 is 23.8 Å². The number of nitro groups is 1. The second kappa shape index (κ2) is 12.1. The van der Waals surface area contributed by atoms with Crippen molar-refractivity contribution in [1.29, 1.82) is 0 Å². The number of rotatable bonds is 10. The molecule has 0 aliphatic rings. The fourth-order valence-corrected chi connectivity index (χ4v) is 3.15. The molecule has 0 bridgehead atoms. The average Bonchev–Trinajstić information content (AvgIpc) is 2.85. The Morgan fingerprint density at radius 1 is 0.972 bits per heavy atom. The van der Waals surface area contributed by atoms with E-state index in [1.165, 1.54) is 36.5 Å². The molecule has 0 unspecified atom stereocenters. The summed E-state index contributed by atoms with van der Waals surface area (Å²) in [4.78, 5) is 34.7. The summed E-state index contributed by atoms with van der Waals surface area (Å²) in [6, 6.07) is 15.5. The molecule has 0 saturated heterocycles. The van der Waals surface area contributed by atoms with Crippen LogP contribution in [0.1, 0.15) is 34.0 Å². The fourth-order valence-electron chi connectivity index (χ4n) is 3.15. The van der Waals surface area contributed by atoms with Crippen LogP contribution in [0.25, 0.3) is 0 Å². The smallest absolute Gasteiger partial charge is 0.343 e. The number of nitrogens with one attached hydrogen (secondary N) is 1. The van der Waals surface area contributed by atoms with Gasteiger partial charge in [-0.05, 0) is 68.3 Å². The largest absolute Gasteiger partial charge is 0.490 e. The topological polar surface area (TPSA) is 129 Å². The van der Waals surface area contributed by atoms with Crippen LogP contribution in [-0.2, 0) is 4.79 Å². The number of hydrazone groups is 1. The highest BCUT2D eigenvalue weighted by Gasteiger charge is 2.15. The van der Waals surface area contributed by atoms with E-state index in [0.29, 0.717) is 23.7 Å². The number of esters is 1. The van der Waals surface area contributed by atoms with Crippen molar-refractivity contribution in [3.05, 3.63) is 93.0 Å². The minimum absolute atomic E-state index is 0.130. The molecule has 0 fully saturated rings. The molecule has 0 aliphatic carbocycles. The van der Waals surface area contributed by atoms with Crippen LogP contribution in [0.3, 0.4) is 0 Å². The summed E-state index contributed by atoms with van der Waals surface area (Å²) in [6.45, 7) is 5.78. The lowest BCUT2D eigenvalue weighted by Crippen LogP contribution is -2.24. The molecule has 10 nitrogen and oxygen atoms in total. The Balaban J connectivity index is 1.60. The van der Waals surface area contributed by atoms with E-state index in [0.717, 1.165) is 11.1 Å². The molecule has 0 aromatic heterocycles. The van der Waals surface area contributed by atoms with Gasteiger partial charge in [0.2, 0.25) is 0 Å². The predicted molar refractivity (Wildman–Crippen MR) is 133 cm³/mol. The van der Waals surface area contributed by atoms with Gasteiger partial charge in [0.1, 0.15) is 5.75 Å². The quantitative estimate of drug-likeness (QED) is 0.147. The normalized spacial score (nSPS) is 10.6. The Morgan fingerprint density at radius 3 is 2.36 bits per heavy atom. The van der Waals surface area contributed by atoms with Gasteiger partial charge in [-0.2, -0.15) is 5.10 Å². The summed E-state index contributed by atoms with van der Waals surface area (Å²) in [5, 5.41) is 14.7. The first-order valence-electron chi connectivity index (χ1n) is 11.0. The summed E-state index contributed by atoms with van der Waals surface area (Å²) in [6.07, 6.45) is 1.42. The Bertz CT molecular complexity index is 1290. The Kier molecular flexibility index (Phi) is 8.71. The van der Waals surface area contributed by atoms with Gasteiger partial charge in [0.15, 0.2) is 18.1 Å². The number of hydrogen-bond acceptors (Lipinski definition) is 8. The van der Waals surface area contributed by atoms with E-state index in [4.69, 9.17) is 14.2 Å². The van der Waals surface area contributed by atoms with E-state index in [2.05, 4.69) is 10.5 Å². The van der Waals surface area contributed by atoms with Crippen molar-refractivity contribution in [3.8, 4) is 17.2 Å². The second-order valence-electron chi connectivity index (χ2n) is 7.68. The lowest BCUT2D eigenvalue weighted by molar-refractivity contribution is -0.384. The second-order valence-corrected chi connectivity index (χ2v) is 7.68. The van der Waals surface area contributed by atoms with Crippen molar-refractivity contribution in [2.45, 2.75) is 20.8 Å². The maximum absolute atomic E-state index is 12.5. The molecule has 0 atom stereocenters. The number of hydrogen-bond donors (Lipinski definition) is 1. The molecule has 3 aromatic carbocycles. The van der Waals surface area contributed by atoms with Gasteiger partial charge in [-0.25, -0.2) is 10.2 Å². The standard InChI is InChI=1S/C26H25N3O7/c1-4-34-24-14-19(15-27-28-25(30)16-35-22-11-5-17(2)13-18(22)3)6-12-23(24)36-26(31)20-7-9-21(10-8-20)29(32)33/h5-15H,4,16H2,1-3H3,(H,28,30)/b27-15+. The summed E-state index contributed by atoms with van der Waals surface area (Å²) in [7, 11) is 0. The minimum atomic E-state index is -0.691. The SMILES string of the molecule is CCOc1cc(/C=N/NC(=O)COc2ccc(C)cc2C)ccc1OC(=O)c1ccc([N+](=O)[O-])cc1. The van der Waals surface area contributed by atoms with Gasteiger partial charge >= 0.3 is 5.97 Å². The zero-order chi connectivity index (χ0) is 26.1. The highest BCUT2D eigenvalue weighted by atomic mass is 16.6. The predicted octanol–water partition coefficient (Wildman–Crippen LogP) is 4.36. The van der Waals surface area contributed by atoms with Gasteiger partial charge in [-0.15, -0.1) is 0 Å². The Labute approximate surface area is 207 Å². The number of non-ortho nitro benzene ring substituents is 1. The summed E-state index contributed by atoms with van der Waals surface area (Å²) in [5.41, 5.74) is 5.04. The maximum atomic E-state index is 12.5. The van der Waals surface area contributed by atoms with Crippen molar-refractivity contribution < 1.29 is 28.7 Å². The lowest BCUT2D eigenvalue weighted by Gasteiger charge is -2.11. The van der Waals surface area contributed by atoms with E-state index in [1.54, 1.807) is 19.1 Å². The molecule has 0 heterocycles. The van der Waals surface area contributed by atoms with Crippen molar-refractivity contribution in [3.63, 3.8) is 0 Å². The highest BCUT2D eigenvalue weighted by molar-refractivity contribution is 5.92. The van der Waals surface area contributed by atoms with Crippen molar-refractivity contribution in [2.24, 2.45) is 5.10 Å². The van der Waals surface area contributed by atoms with Crippen LogP contribution in [0, 0.1) is 24.0 Å². The average molecular weight is 492 g/mol. The van der Waals surface area contributed by atoms with Crippen LogP contribution < -0.4 is 19.6 Å². The fraction of sp³-hybridized carbons (Fsp3) is 0.192. The van der Waals surface area contributed by atoms with Crippen LogP contribution >= 0.6 is 0 Å². The third-order valence-corrected chi connectivity index (χ3v) is 4.88. The molecule has 3 rings (SSSR count). The first kappa shape index (κ1) is 25.9. The zero-order valence-electron chi connectivity index (χ0n) is 20.0. The van der Waals surface area contributed by atoms with Crippen LogP contribution in [0.2, 0.25) is 0 Å². The minimum Gasteiger partial charge on any atom is -0.490 e. The van der Waals surface area contributed by atoms with E-state index >= 15 is 0 Å². The number of carbonyl (C=O) groups excluding carboxylic acids is 2. The van der Waals surface area contributed by atoms with E-state index < -0.39 is 16.8 Å². The van der Waals surface area contributed by atoms with E-state index in [1.807, 2.05) is 32.0 Å².